The maximum Gasteiger partial charge on any atom is 0.171 e. The van der Waals surface area contributed by atoms with Gasteiger partial charge in [0.2, 0.25) is 0 Å². The van der Waals surface area contributed by atoms with Crippen LogP contribution in [-0.2, 0) is 6.54 Å². The summed E-state index contributed by atoms with van der Waals surface area (Å²) in [5.74, 6) is 2.29. The highest BCUT2D eigenvalue weighted by atomic mass is 35.5. The molecule has 2 aromatic heterocycles. The summed E-state index contributed by atoms with van der Waals surface area (Å²) in [5, 5.41) is 3.41. The molecule has 0 fully saturated rings. The zero-order valence-electron chi connectivity index (χ0n) is 8.20. The summed E-state index contributed by atoms with van der Waals surface area (Å²) in [7, 11) is 0. The standard InChI is InChI=1S/C10H10ClN3O/c1-7-2-3-8(15-7)6-14-10-9(11)12-4-5-13-10/h2-5H,6H2,1H3,(H,13,14). The number of halogens is 1. The third kappa shape index (κ3) is 2.47. The molecule has 15 heavy (non-hydrogen) atoms. The van der Waals surface area contributed by atoms with Crippen LogP contribution >= 0.6 is 11.6 Å². The van der Waals surface area contributed by atoms with Crippen molar-refractivity contribution in [1.29, 1.82) is 0 Å². The summed E-state index contributed by atoms with van der Waals surface area (Å²) < 4.78 is 5.39. The van der Waals surface area contributed by atoms with E-state index in [1.54, 1.807) is 12.4 Å². The van der Waals surface area contributed by atoms with E-state index in [9.17, 15) is 0 Å². The molecule has 0 bridgehead atoms. The Balaban J connectivity index is 2.02. The molecule has 0 spiro atoms. The van der Waals surface area contributed by atoms with Crippen LogP contribution in [0.1, 0.15) is 11.5 Å². The van der Waals surface area contributed by atoms with Gasteiger partial charge in [-0.2, -0.15) is 0 Å². The molecule has 2 rings (SSSR count). The first-order valence-electron chi connectivity index (χ1n) is 4.51. The van der Waals surface area contributed by atoms with Crippen molar-refractivity contribution in [2.24, 2.45) is 0 Å². The van der Waals surface area contributed by atoms with E-state index in [1.807, 2.05) is 19.1 Å². The number of nitrogens with zero attached hydrogens (tertiary/aromatic N) is 2. The van der Waals surface area contributed by atoms with Crippen LogP contribution in [0.2, 0.25) is 5.15 Å². The van der Waals surface area contributed by atoms with Crippen LogP contribution in [0.5, 0.6) is 0 Å². The van der Waals surface area contributed by atoms with Gasteiger partial charge in [0.1, 0.15) is 11.5 Å². The summed E-state index contributed by atoms with van der Waals surface area (Å²) in [6, 6.07) is 3.82. The lowest BCUT2D eigenvalue weighted by molar-refractivity contribution is 0.490. The molecule has 5 heteroatoms. The summed E-state index contributed by atoms with van der Waals surface area (Å²) in [4.78, 5) is 7.96. The Labute approximate surface area is 92.3 Å². The number of hydrogen-bond acceptors (Lipinski definition) is 4. The van der Waals surface area contributed by atoms with Gasteiger partial charge in [0.25, 0.3) is 0 Å². The summed E-state index contributed by atoms with van der Waals surface area (Å²) >= 11 is 5.83. The summed E-state index contributed by atoms with van der Waals surface area (Å²) in [5.41, 5.74) is 0. The smallest absolute Gasteiger partial charge is 0.171 e. The Hall–Kier alpha value is -1.55. The van der Waals surface area contributed by atoms with Gasteiger partial charge in [0.05, 0.1) is 6.54 Å². The van der Waals surface area contributed by atoms with E-state index in [1.165, 1.54) is 0 Å². The predicted molar refractivity (Wildman–Crippen MR) is 57.8 cm³/mol. The fourth-order valence-electron chi connectivity index (χ4n) is 1.19. The topological polar surface area (TPSA) is 51.0 Å². The van der Waals surface area contributed by atoms with Gasteiger partial charge in [-0.3, -0.25) is 0 Å². The van der Waals surface area contributed by atoms with Crippen molar-refractivity contribution in [3.63, 3.8) is 0 Å². The Kier molecular flexibility index (Phi) is 2.87. The van der Waals surface area contributed by atoms with Gasteiger partial charge in [0, 0.05) is 12.4 Å². The zero-order chi connectivity index (χ0) is 10.7. The number of nitrogens with one attached hydrogen (secondary N) is 1. The second-order valence-corrected chi connectivity index (χ2v) is 3.42. The molecule has 0 aromatic carbocycles. The first-order chi connectivity index (χ1) is 7.25. The number of anilines is 1. The number of hydrogen-bond donors (Lipinski definition) is 1. The lowest BCUT2D eigenvalue weighted by atomic mass is 10.4. The number of furan rings is 1. The molecule has 2 heterocycles. The first kappa shape index (κ1) is 9.98. The fourth-order valence-corrected chi connectivity index (χ4v) is 1.36. The van der Waals surface area contributed by atoms with Crippen molar-refractivity contribution in [3.05, 3.63) is 41.2 Å². The first-order valence-corrected chi connectivity index (χ1v) is 4.89. The van der Waals surface area contributed by atoms with Crippen molar-refractivity contribution < 1.29 is 4.42 Å². The molecule has 0 aliphatic carbocycles. The predicted octanol–water partition coefficient (Wildman–Crippen LogP) is 2.64. The minimum Gasteiger partial charge on any atom is -0.465 e. The van der Waals surface area contributed by atoms with E-state index in [0.717, 1.165) is 11.5 Å². The molecule has 1 N–H and O–H groups in total. The highest BCUT2D eigenvalue weighted by Gasteiger charge is 2.03. The Morgan fingerprint density at radius 3 is 2.80 bits per heavy atom. The molecule has 0 radical (unpaired) electrons. The highest BCUT2D eigenvalue weighted by molar-refractivity contribution is 6.31. The quantitative estimate of drug-likeness (QED) is 0.869. The molecule has 0 aliphatic heterocycles. The monoisotopic (exact) mass is 223 g/mol. The van der Waals surface area contributed by atoms with Crippen molar-refractivity contribution in [2.45, 2.75) is 13.5 Å². The van der Waals surface area contributed by atoms with Crippen LogP contribution in [0.25, 0.3) is 0 Å². The number of aromatic nitrogens is 2. The largest absolute Gasteiger partial charge is 0.465 e. The van der Waals surface area contributed by atoms with Crippen molar-refractivity contribution in [2.75, 3.05) is 5.32 Å². The van der Waals surface area contributed by atoms with Crippen LogP contribution in [0, 0.1) is 6.92 Å². The third-order valence-electron chi connectivity index (χ3n) is 1.88. The van der Waals surface area contributed by atoms with Gasteiger partial charge in [-0.1, -0.05) is 11.6 Å². The maximum atomic E-state index is 5.83. The van der Waals surface area contributed by atoms with E-state index >= 15 is 0 Å². The molecule has 0 unspecified atom stereocenters. The lowest BCUT2D eigenvalue weighted by Crippen LogP contribution is -2.01. The lowest BCUT2D eigenvalue weighted by Gasteiger charge is -2.03. The van der Waals surface area contributed by atoms with E-state index < -0.39 is 0 Å². The minimum atomic E-state index is 0.362. The summed E-state index contributed by atoms with van der Waals surface area (Å²) in [6.07, 6.45) is 3.13. The van der Waals surface area contributed by atoms with Crippen LogP contribution in [-0.4, -0.2) is 9.97 Å². The molecular formula is C10H10ClN3O. The van der Waals surface area contributed by atoms with Crippen LogP contribution < -0.4 is 5.32 Å². The van der Waals surface area contributed by atoms with Crippen LogP contribution in [0.4, 0.5) is 5.82 Å². The van der Waals surface area contributed by atoms with Crippen molar-refractivity contribution >= 4 is 17.4 Å². The highest BCUT2D eigenvalue weighted by Crippen LogP contribution is 2.15. The molecule has 0 amide bonds. The molecule has 0 saturated heterocycles. The third-order valence-corrected chi connectivity index (χ3v) is 2.16. The van der Waals surface area contributed by atoms with E-state index in [-0.39, 0.29) is 0 Å². The number of rotatable bonds is 3. The molecule has 0 atom stereocenters. The molecule has 0 aliphatic rings. The van der Waals surface area contributed by atoms with Gasteiger partial charge in [-0.15, -0.1) is 0 Å². The van der Waals surface area contributed by atoms with Gasteiger partial charge >= 0.3 is 0 Å². The maximum absolute atomic E-state index is 5.83. The van der Waals surface area contributed by atoms with Gasteiger partial charge < -0.3 is 9.73 Å². The average Bonchev–Trinajstić information content (AvgIpc) is 2.63. The van der Waals surface area contributed by atoms with Crippen molar-refractivity contribution in [1.82, 2.24) is 9.97 Å². The molecule has 2 aromatic rings. The van der Waals surface area contributed by atoms with E-state index in [2.05, 4.69) is 15.3 Å². The Bertz CT molecular complexity index is 455. The van der Waals surface area contributed by atoms with Crippen LogP contribution in [0.3, 0.4) is 0 Å². The van der Waals surface area contributed by atoms with Crippen molar-refractivity contribution in [3.8, 4) is 0 Å². The Morgan fingerprint density at radius 1 is 1.33 bits per heavy atom. The number of aryl methyl sites for hydroxylation is 1. The molecule has 78 valence electrons. The van der Waals surface area contributed by atoms with E-state index in [0.29, 0.717) is 17.5 Å². The fraction of sp³-hybridized carbons (Fsp3) is 0.200. The average molecular weight is 224 g/mol. The summed E-state index contributed by atoms with van der Waals surface area (Å²) in [6.45, 7) is 2.45. The second-order valence-electron chi connectivity index (χ2n) is 3.06. The van der Waals surface area contributed by atoms with E-state index in [4.69, 9.17) is 16.0 Å². The van der Waals surface area contributed by atoms with Crippen LogP contribution in [0.15, 0.2) is 28.9 Å². The van der Waals surface area contributed by atoms with Gasteiger partial charge in [0.15, 0.2) is 11.0 Å². The second kappa shape index (κ2) is 4.31. The normalized spacial score (nSPS) is 10.3. The molecule has 0 saturated carbocycles. The van der Waals surface area contributed by atoms with Gasteiger partial charge in [-0.25, -0.2) is 9.97 Å². The SMILES string of the molecule is Cc1ccc(CNc2nccnc2Cl)o1. The minimum absolute atomic E-state index is 0.362. The zero-order valence-corrected chi connectivity index (χ0v) is 8.95. The molecule has 4 nitrogen and oxygen atoms in total. The molecular weight excluding hydrogens is 214 g/mol. The van der Waals surface area contributed by atoms with Gasteiger partial charge in [-0.05, 0) is 19.1 Å². The Morgan fingerprint density at radius 2 is 2.13 bits per heavy atom.